The molecule has 0 aliphatic heterocycles. The van der Waals surface area contributed by atoms with Gasteiger partial charge in [0, 0.05) is 5.92 Å². The second-order valence-corrected chi connectivity index (χ2v) is 10.1. The van der Waals surface area contributed by atoms with Gasteiger partial charge in [-0.1, -0.05) is 0 Å². The SMILES string of the molecule is CC(C)(C)C(=O)OC1CC2C3CCC(C3)C2C1OC(=O)C(C)(C)C. The minimum Gasteiger partial charge on any atom is -0.458 e. The van der Waals surface area contributed by atoms with Crippen molar-refractivity contribution in [2.75, 3.05) is 0 Å². The smallest absolute Gasteiger partial charge is 0.311 e. The summed E-state index contributed by atoms with van der Waals surface area (Å²) < 4.78 is 11.8. The number of ether oxygens (including phenoxy) is 2. The molecule has 0 aromatic rings. The molecule has 0 aromatic carbocycles. The molecule has 3 saturated carbocycles. The summed E-state index contributed by atoms with van der Waals surface area (Å²) in [7, 11) is 0. The quantitative estimate of drug-likeness (QED) is 0.716. The third-order valence-corrected chi connectivity index (χ3v) is 6.13. The summed E-state index contributed by atoms with van der Waals surface area (Å²) in [5, 5.41) is 0. The van der Waals surface area contributed by atoms with Crippen molar-refractivity contribution in [1.29, 1.82) is 0 Å². The molecular formula is C20H32O4. The molecule has 4 nitrogen and oxygen atoms in total. The molecule has 0 saturated heterocycles. The Balaban J connectivity index is 1.79. The molecule has 0 aromatic heterocycles. The normalized spacial score (nSPS) is 38.1. The van der Waals surface area contributed by atoms with Crippen molar-refractivity contribution in [3.05, 3.63) is 0 Å². The fourth-order valence-corrected chi connectivity index (χ4v) is 4.85. The number of esters is 2. The van der Waals surface area contributed by atoms with Crippen LogP contribution < -0.4 is 0 Å². The largest absolute Gasteiger partial charge is 0.458 e. The van der Waals surface area contributed by atoms with Gasteiger partial charge in [0.25, 0.3) is 0 Å². The highest BCUT2D eigenvalue weighted by atomic mass is 16.6. The van der Waals surface area contributed by atoms with Crippen molar-refractivity contribution in [2.24, 2.45) is 34.5 Å². The summed E-state index contributed by atoms with van der Waals surface area (Å²) >= 11 is 0. The Hall–Kier alpha value is -1.06. The topological polar surface area (TPSA) is 52.6 Å². The monoisotopic (exact) mass is 336 g/mol. The van der Waals surface area contributed by atoms with Crippen LogP contribution in [0.15, 0.2) is 0 Å². The summed E-state index contributed by atoms with van der Waals surface area (Å²) in [5.74, 6) is 1.92. The van der Waals surface area contributed by atoms with Crippen LogP contribution in [0.2, 0.25) is 0 Å². The van der Waals surface area contributed by atoms with E-state index in [0.717, 1.165) is 12.3 Å². The van der Waals surface area contributed by atoms with E-state index in [1.165, 1.54) is 19.3 Å². The highest BCUT2D eigenvalue weighted by Crippen LogP contribution is 2.60. The predicted octanol–water partition coefficient (Wildman–Crippen LogP) is 3.97. The lowest BCUT2D eigenvalue weighted by molar-refractivity contribution is -0.178. The van der Waals surface area contributed by atoms with Crippen molar-refractivity contribution < 1.29 is 19.1 Å². The molecular weight excluding hydrogens is 304 g/mol. The lowest BCUT2D eigenvalue weighted by Gasteiger charge is -2.32. The Kier molecular flexibility index (Phi) is 4.25. The zero-order valence-electron chi connectivity index (χ0n) is 15.9. The lowest BCUT2D eigenvalue weighted by atomic mass is 9.81. The van der Waals surface area contributed by atoms with E-state index in [-0.39, 0.29) is 24.1 Å². The van der Waals surface area contributed by atoms with Crippen molar-refractivity contribution >= 4 is 11.9 Å². The van der Waals surface area contributed by atoms with Crippen LogP contribution in [0.25, 0.3) is 0 Å². The molecule has 0 heterocycles. The number of rotatable bonds is 2. The molecule has 6 unspecified atom stereocenters. The Labute approximate surface area is 145 Å². The zero-order valence-corrected chi connectivity index (χ0v) is 15.9. The summed E-state index contributed by atoms with van der Waals surface area (Å²) in [4.78, 5) is 24.9. The van der Waals surface area contributed by atoms with Crippen LogP contribution in [0.3, 0.4) is 0 Å². The zero-order chi connectivity index (χ0) is 17.9. The molecule has 0 N–H and O–H groups in total. The van der Waals surface area contributed by atoms with Gasteiger partial charge in [0.1, 0.15) is 12.2 Å². The second-order valence-electron chi connectivity index (χ2n) is 10.1. The minimum atomic E-state index is -0.533. The van der Waals surface area contributed by atoms with Crippen LogP contribution in [-0.4, -0.2) is 24.1 Å². The molecule has 136 valence electrons. The van der Waals surface area contributed by atoms with Crippen LogP contribution in [0.4, 0.5) is 0 Å². The fraction of sp³-hybridized carbons (Fsp3) is 0.900. The molecule has 3 aliphatic rings. The van der Waals surface area contributed by atoms with E-state index in [1.54, 1.807) is 0 Å². The Morgan fingerprint density at radius 3 is 1.92 bits per heavy atom. The maximum absolute atomic E-state index is 12.5. The van der Waals surface area contributed by atoms with Gasteiger partial charge in [0.2, 0.25) is 0 Å². The van der Waals surface area contributed by atoms with Gasteiger partial charge in [0.15, 0.2) is 0 Å². The first kappa shape index (κ1) is 17.8. The maximum Gasteiger partial charge on any atom is 0.311 e. The highest BCUT2D eigenvalue weighted by molar-refractivity contribution is 5.76. The predicted molar refractivity (Wildman–Crippen MR) is 91.1 cm³/mol. The van der Waals surface area contributed by atoms with Crippen molar-refractivity contribution in [2.45, 2.75) is 79.4 Å². The average Bonchev–Trinajstić information content (AvgIpc) is 3.10. The van der Waals surface area contributed by atoms with Crippen LogP contribution >= 0.6 is 0 Å². The number of fused-ring (bicyclic) bond motifs is 5. The Bertz CT molecular complexity index is 525. The minimum absolute atomic E-state index is 0.187. The van der Waals surface area contributed by atoms with Crippen LogP contribution in [-0.2, 0) is 19.1 Å². The number of carbonyl (C=O) groups excluding carboxylic acids is 2. The first-order valence-corrected chi connectivity index (χ1v) is 9.40. The van der Waals surface area contributed by atoms with Crippen LogP contribution in [0.1, 0.15) is 67.2 Å². The van der Waals surface area contributed by atoms with Gasteiger partial charge >= 0.3 is 11.9 Å². The van der Waals surface area contributed by atoms with Crippen molar-refractivity contribution in [1.82, 2.24) is 0 Å². The van der Waals surface area contributed by atoms with Gasteiger partial charge in [-0.25, -0.2) is 0 Å². The Morgan fingerprint density at radius 1 is 0.792 bits per heavy atom. The molecule has 4 heteroatoms. The van der Waals surface area contributed by atoms with Gasteiger partial charge in [0.05, 0.1) is 10.8 Å². The standard InChI is InChI=1S/C20H32O4/c1-19(2,3)17(21)23-14-10-13-11-7-8-12(9-11)15(13)16(14)24-18(22)20(4,5)6/h11-16H,7-10H2,1-6H3. The van der Waals surface area contributed by atoms with Crippen LogP contribution in [0, 0.1) is 34.5 Å². The van der Waals surface area contributed by atoms with Gasteiger partial charge in [-0.05, 0) is 85.0 Å². The van der Waals surface area contributed by atoms with Gasteiger partial charge < -0.3 is 9.47 Å². The molecule has 3 fully saturated rings. The Morgan fingerprint density at radius 2 is 1.33 bits per heavy atom. The summed E-state index contributed by atoms with van der Waals surface area (Å²) in [6.07, 6.45) is 4.10. The number of hydrogen-bond acceptors (Lipinski definition) is 4. The van der Waals surface area contributed by atoms with Crippen molar-refractivity contribution in [3.8, 4) is 0 Å². The van der Waals surface area contributed by atoms with Crippen molar-refractivity contribution in [3.63, 3.8) is 0 Å². The lowest BCUT2D eigenvalue weighted by Crippen LogP contribution is -2.41. The average molecular weight is 336 g/mol. The van der Waals surface area contributed by atoms with E-state index in [0.29, 0.717) is 17.8 Å². The fourth-order valence-electron chi connectivity index (χ4n) is 4.85. The molecule has 6 atom stereocenters. The van der Waals surface area contributed by atoms with E-state index in [2.05, 4.69) is 0 Å². The van der Waals surface area contributed by atoms with E-state index < -0.39 is 10.8 Å². The van der Waals surface area contributed by atoms with E-state index >= 15 is 0 Å². The van der Waals surface area contributed by atoms with E-state index in [1.807, 2.05) is 41.5 Å². The highest BCUT2D eigenvalue weighted by Gasteiger charge is 2.59. The third-order valence-electron chi connectivity index (χ3n) is 6.13. The molecule has 0 radical (unpaired) electrons. The molecule has 3 rings (SSSR count). The van der Waals surface area contributed by atoms with Gasteiger partial charge in [-0.3, -0.25) is 9.59 Å². The van der Waals surface area contributed by atoms with Gasteiger partial charge in [-0.2, -0.15) is 0 Å². The summed E-state index contributed by atoms with van der Waals surface area (Å²) in [6, 6.07) is 0. The second kappa shape index (κ2) is 5.74. The molecule has 24 heavy (non-hydrogen) atoms. The molecule has 0 amide bonds. The van der Waals surface area contributed by atoms with E-state index in [9.17, 15) is 9.59 Å². The maximum atomic E-state index is 12.5. The third kappa shape index (κ3) is 3.09. The number of hydrogen-bond donors (Lipinski definition) is 0. The molecule has 0 spiro atoms. The van der Waals surface area contributed by atoms with E-state index in [4.69, 9.17) is 9.47 Å². The molecule has 2 bridgehead atoms. The number of carbonyl (C=O) groups is 2. The first-order valence-electron chi connectivity index (χ1n) is 9.40. The van der Waals surface area contributed by atoms with Crippen LogP contribution in [0.5, 0.6) is 0 Å². The first-order chi connectivity index (χ1) is 11.0. The van der Waals surface area contributed by atoms with Gasteiger partial charge in [-0.15, -0.1) is 0 Å². The summed E-state index contributed by atoms with van der Waals surface area (Å²) in [5.41, 5.74) is -1.07. The molecule has 3 aliphatic carbocycles. The summed E-state index contributed by atoms with van der Waals surface area (Å²) in [6.45, 7) is 11.2.